The number of carbonyl (C=O) groups is 3. The Labute approximate surface area is 383 Å². The minimum absolute atomic E-state index is 0. The molecule has 0 radical (unpaired) electrons. The van der Waals surface area contributed by atoms with Gasteiger partial charge in [0.25, 0.3) is 0 Å². The minimum Gasteiger partial charge on any atom is -0.489 e. The van der Waals surface area contributed by atoms with Gasteiger partial charge in [-0.05, 0) is 157 Å². The molecule has 14 heteroatoms. The quantitative estimate of drug-likeness (QED) is 0.179. The predicted octanol–water partition coefficient (Wildman–Crippen LogP) is 9.65. The van der Waals surface area contributed by atoms with Crippen molar-refractivity contribution in [2.75, 3.05) is 52.6 Å². The van der Waals surface area contributed by atoms with Gasteiger partial charge in [0.15, 0.2) is 0 Å². The third kappa shape index (κ3) is 10.7. The van der Waals surface area contributed by atoms with Gasteiger partial charge in [-0.2, -0.15) is 0 Å². The van der Waals surface area contributed by atoms with E-state index in [-0.39, 0.29) is 60.5 Å². The summed E-state index contributed by atoms with van der Waals surface area (Å²) in [5, 5.41) is 12.1. The summed E-state index contributed by atoms with van der Waals surface area (Å²) in [6.07, 6.45) is 13.7. The van der Waals surface area contributed by atoms with E-state index in [9.17, 15) is 28.3 Å². The average molecular weight is 913 g/mol. The van der Waals surface area contributed by atoms with Crippen molar-refractivity contribution in [3.05, 3.63) is 83.5 Å². The molecule has 1 spiro atoms. The third-order valence-corrected chi connectivity index (χ3v) is 15.5. The van der Waals surface area contributed by atoms with E-state index < -0.39 is 23.1 Å². The molecule has 0 aromatic heterocycles. The van der Waals surface area contributed by atoms with Crippen LogP contribution in [0.25, 0.3) is 0 Å². The van der Waals surface area contributed by atoms with Crippen molar-refractivity contribution in [1.29, 1.82) is 0 Å². The van der Waals surface area contributed by atoms with E-state index >= 15 is 0 Å². The van der Waals surface area contributed by atoms with E-state index in [1.54, 1.807) is 20.8 Å². The molecular weight excluding hydrogens is 844 g/mol. The van der Waals surface area contributed by atoms with E-state index in [0.29, 0.717) is 35.3 Å². The number of ether oxygens (including phenoxy) is 4. The lowest BCUT2D eigenvalue weighted by Crippen LogP contribution is -2.64. The zero-order valence-corrected chi connectivity index (χ0v) is 38.6. The number of likely N-dealkylation sites (tertiary alicyclic amines) is 1. The van der Waals surface area contributed by atoms with E-state index in [0.717, 1.165) is 122 Å². The Morgan fingerprint density at radius 3 is 1.56 bits per heavy atom. The molecule has 2 saturated heterocycles. The Bertz CT molecular complexity index is 1950. The summed E-state index contributed by atoms with van der Waals surface area (Å²) in [7, 11) is 0. The molecule has 6 aliphatic carbocycles. The van der Waals surface area contributed by atoms with Crippen LogP contribution in [-0.2, 0) is 29.9 Å². The van der Waals surface area contributed by atoms with Gasteiger partial charge >= 0.3 is 12.1 Å². The largest absolute Gasteiger partial charge is 0.489 e. The first-order valence-electron chi connectivity index (χ1n) is 22.9. The highest BCUT2D eigenvalue weighted by atomic mass is 35.5. The highest BCUT2D eigenvalue weighted by molar-refractivity contribution is 5.85. The molecule has 4 bridgehead atoms. The average Bonchev–Trinajstić information content (AvgIpc) is 3.30. The van der Waals surface area contributed by atoms with Crippen molar-refractivity contribution >= 4 is 30.4 Å². The van der Waals surface area contributed by atoms with Gasteiger partial charge in [0.1, 0.15) is 30.3 Å². The van der Waals surface area contributed by atoms with Crippen molar-refractivity contribution in [1.82, 2.24) is 10.2 Å². The number of benzene rings is 2. The lowest BCUT2D eigenvalue weighted by atomic mass is 9.51. The monoisotopic (exact) mass is 911 g/mol. The molecule has 4 N–H and O–H groups in total. The molecule has 64 heavy (non-hydrogen) atoms. The number of halogens is 3. The zero-order valence-electron chi connectivity index (χ0n) is 37.8. The number of hydrogen-bond acceptors (Lipinski definition) is 8. The van der Waals surface area contributed by atoms with Crippen LogP contribution in [0.5, 0.6) is 11.5 Å². The molecule has 352 valence electrons. The Morgan fingerprint density at radius 1 is 0.719 bits per heavy atom. The number of hydrogen-bond donors (Lipinski definition) is 3. The Kier molecular flexibility index (Phi) is 15.5. The second-order valence-electron chi connectivity index (χ2n) is 20.4. The van der Waals surface area contributed by atoms with Gasteiger partial charge in [-0.1, -0.05) is 24.3 Å². The van der Waals surface area contributed by atoms with Crippen LogP contribution in [0.3, 0.4) is 0 Å². The highest BCUT2D eigenvalue weighted by Crippen LogP contribution is 2.60. The summed E-state index contributed by atoms with van der Waals surface area (Å²) in [5.41, 5.74) is 8.08. The summed E-state index contributed by atoms with van der Waals surface area (Å²) in [5.74, 6) is 1.11. The normalized spacial score (nSPS) is 28.2. The molecule has 0 atom stereocenters. The summed E-state index contributed by atoms with van der Waals surface area (Å²) in [6, 6.07) is 16.1. The maximum Gasteiger partial charge on any atom is 0.407 e. The van der Waals surface area contributed by atoms with Crippen molar-refractivity contribution in [2.45, 2.75) is 127 Å². The fourth-order valence-electron chi connectivity index (χ4n) is 11.2. The van der Waals surface area contributed by atoms with Crippen molar-refractivity contribution in [3.63, 3.8) is 0 Å². The first-order chi connectivity index (χ1) is 30.1. The van der Waals surface area contributed by atoms with Gasteiger partial charge in [0.05, 0.1) is 18.1 Å². The van der Waals surface area contributed by atoms with Gasteiger partial charge in [0, 0.05) is 61.4 Å². The van der Waals surface area contributed by atoms with E-state index in [2.05, 4.69) is 22.3 Å². The lowest BCUT2D eigenvalue weighted by Gasteiger charge is -2.58. The van der Waals surface area contributed by atoms with Crippen LogP contribution in [0.2, 0.25) is 0 Å². The molecule has 0 unspecified atom stereocenters. The standard InChI is InChI=1S/C26H35FN2O3.C24H32FNO5.ClH/c27-15-20(16-28)17-32-22-3-1-21(2-4-22)25-5-8-26(9-6-25,10-7-25)23(30)29-18-24(19-29)11-13-31-14-12-24;1-22(2,3)31-21(29)26-15-17(14-25)16-30-19-6-4-18(5-7-19)23-8-11-24(12-9-23,13-10-23)20(27)28;/h1-4,15H,5-14,16-19,28H2;4-7,14H,8-13,15-16H2,1-3H3,(H,26,29)(H,27,28);1H/b20-15+;17-14+;. The van der Waals surface area contributed by atoms with Crippen LogP contribution in [0.15, 0.2) is 72.3 Å². The summed E-state index contributed by atoms with van der Waals surface area (Å²) < 4.78 is 47.8. The maximum atomic E-state index is 13.5. The van der Waals surface area contributed by atoms with Crippen LogP contribution < -0.4 is 20.5 Å². The number of aliphatic carboxylic acids is 1. The Morgan fingerprint density at radius 2 is 1.16 bits per heavy atom. The number of nitrogens with zero attached hydrogens (tertiary/aromatic N) is 1. The number of rotatable bonds is 13. The second-order valence-corrected chi connectivity index (χ2v) is 20.4. The van der Waals surface area contributed by atoms with Gasteiger partial charge < -0.3 is 40.0 Å². The van der Waals surface area contributed by atoms with Crippen molar-refractivity contribution in [2.24, 2.45) is 22.0 Å². The number of carbonyl (C=O) groups excluding carboxylic acids is 2. The van der Waals surface area contributed by atoms with E-state index in [4.69, 9.17) is 24.7 Å². The van der Waals surface area contributed by atoms with Crippen LogP contribution >= 0.6 is 12.4 Å². The summed E-state index contributed by atoms with van der Waals surface area (Å²) in [6.45, 7) is 9.18. The highest BCUT2D eigenvalue weighted by Gasteiger charge is 2.57. The molecular formula is C50H68ClF2N3O8. The molecule has 2 aromatic carbocycles. The Hall–Kier alpha value is -4.20. The molecule has 8 fully saturated rings. The van der Waals surface area contributed by atoms with Crippen LogP contribution in [0.1, 0.15) is 122 Å². The molecule has 10 rings (SSSR count). The third-order valence-electron chi connectivity index (χ3n) is 15.5. The first-order valence-corrected chi connectivity index (χ1v) is 22.9. The molecule has 2 aliphatic heterocycles. The summed E-state index contributed by atoms with van der Waals surface area (Å²) in [4.78, 5) is 39.0. The van der Waals surface area contributed by atoms with Crippen molar-refractivity contribution < 1.29 is 47.2 Å². The molecule has 11 nitrogen and oxygen atoms in total. The molecule has 2 amide bonds. The van der Waals surface area contributed by atoms with Crippen LogP contribution in [0, 0.1) is 16.2 Å². The van der Waals surface area contributed by atoms with Crippen molar-refractivity contribution in [3.8, 4) is 11.5 Å². The smallest absolute Gasteiger partial charge is 0.407 e. The number of amides is 2. The first kappa shape index (κ1) is 49.2. The Balaban J connectivity index is 0.000000209. The second kappa shape index (κ2) is 20.1. The van der Waals surface area contributed by atoms with Crippen LogP contribution in [0.4, 0.5) is 13.6 Å². The molecule has 8 aliphatic rings. The number of nitrogens with two attached hydrogens (primary N) is 1. The number of fused-ring (bicyclic) bond motifs is 6. The number of alkyl carbamates (subject to hydrolysis) is 1. The van der Waals surface area contributed by atoms with Gasteiger partial charge in [-0.25, -0.2) is 13.6 Å². The SMILES string of the molecule is CC(C)(C)OC(=O)NC/C(=C\F)COc1ccc(C23CCC(C(=O)O)(CC2)CC3)cc1.Cl.NC/C(=C\F)COc1ccc(C23CCC(C(=O)N4CC5(CCOCC5)C4)(CC2)CC3)cc1. The van der Waals surface area contributed by atoms with Gasteiger partial charge in [-0.15, -0.1) is 12.4 Å². The fourth-order valence-corrected chi connectivity index (χ4v) is 11.2. The molecule has 2 heterocycles. The van der Waals surface area contributed by atoms with E-state index in [1.165, 1.54) is 11.1 Å². The van der Waals surface area contributed by atoms with E-state index in [1.807, 2.05) is 36.4 Å². The van der Waals surface area contributed by atoms with Crippen LogP contribution in [-0.4, -0.2) is 86.2 Å². The topological polar surface area (TPSA) is 150 Å². The maximum absolute atomic E-state index is 13.5. The van der Waals surface area contributed by atoms with Gasteiger partial charge in [-0.3, -0.25) is 9.59 Å². The summed E-state index contributed by atoms with van der Waals surface area (Å²) >= 11 is 0. The molecule has 6 saturated carbocycles. The molecule has 2 aromatic rings. The minimum atomic E-state index is -0.651. The van der Waals surface area contributed by atoms with Gasteiger partial charge in [0.2, 0.25) is 5.91 Å². The number of nitrogens with one attached hydrogen (secondary N) is 1. The number of carboxylic acids is 1. The fraction of sp³-hybridized carbons (Fsp3) is 0.620. The number of carboxylic acid groups (broad SMARTS) is 1. The lowest BCUT2D eigenvalue weighted by molar-refractivity contribution is -0.167. The zero-order chi connectivity index (χ0) is 44.9. The predicted molar refractivity (Wildman–Crippen MR) is 243 cm³/mol.